The number of thiazole rings is 1. The lowest BCUT2D eigenvalue weighted by Crippen LogP contribution is -2.34. The molecule has 0 atom stereocenters. The molecule has 0 spiro atoms. The lowest BCUT2D eigenvalue weighted by molar-refractivity contribution is 0.0985. The van der Waals surface area contributed by atoms with Crippen LogP contribution in [-0.2, 0) is 16.6 Å². The minimum absolute atomic E-state index is 0.173. The van der Waals surface area contributed by atoms with Crippen LogP contribution in [0.1, 0.15) is 41.3 Å². The van der Waals surface area contributed by atoms with Crippen LogP contribution < -0.4 is 4.90 Å². The zero-order valence-corrected chi connectivity index (χ0v) is 22.6. The molecule has 0 aliphatic heterocycles. The highest BCUT2D eigenvalue weighted by molar-refractivity contribution is 7.89. The van der Waals surface area contributed by atoms with E-state index in [0.717, 1.165) is 34.2 Å². The second-order valence-electron chi connectivity index (χ2n) is 8.86. The number of fused-ring (bicyclic) bond motifs is 1. The molecule has 4 rings (SSSR count). The Morgan fingerprint density at radius 2 is 1.86 bits per heavy atom. The fraction of sp³-hybridized carbons (Fsp3) is 0.346. The van der Waals surface area contributed by atoms with Gasteiger partial charge in [0.25, 0.3) is 5.91 Å². The van der Waals surface area contributed by atoms with Crippen molar-refractivity contribution in [3.8, 4) is 0 Å². The van der Waals surface area contributed by atoms with Crippen LogP contribution in [0.25, 0.3) is 10.2 Å². The van der Waals surface area contributed by atoms with Crippen LogP contribution in [0.4, 0.5) is 5.13 Å². The highest BCUT2D eigenvalue weighted by atomic mass is 32.2. The van der Waals surface area contributed by atoms with Crippen molar-refractivity contribution in [3.63, 3.8) is 0 Å². The van der Waals surface area contributed by atoms with E-state index in [1.807, 2.05) is 33.0 Å². The third-order valence-corrected chi connectivity index (χ3v) is 8.94. The summed E-state index contributed by atoms with van der Waals surface area (Å²) in [5.41, 5.74) is 3.49. The summed E-state index contributed by atoms with van der Waals surface area (Å²) < 4.78 is 29.9. The van der Waals surface area contributed by atoms with Gasteiger partial charge in [0.1, 0.15) is 0 Å². The molecule has 36 heavy (non-hydrogen) atoms. The van der Waals surface area contributed by atoms with Crippen LogP contribution in [0.3, 0.4) is 0 Å². The minimum atomic E-state index is -3.61. The van der Waals surface area contributed by atoms with Gasteiger partial charge in [-0.3, -0.25) is 14.4 Å². The number of nitrogens with zero attached hydrogens (tertiary/aromatic N) is 5. The highest BCUT2D eigenvalue weighted by Crippen LogP contribution is 2.32. The van der Waals surface area contributed by atoms with Crippen molar-refractivity contribution in [3.05, 3.63) is 71.5 Å². The van der Waals surface area contributed by atoms with Gasteiger partial charge < -0.3 is 0 Å². The molecule has 190 valence electrons. The zero-order chi connectivity index (χ0) is 25.9. The average Bonchev–Trinajstić information content (AvgIpc) is 3.53. The third kappa shape index (κ3) is 5.50. The molecule has 0 fully saturated rings. The first kappa shape index (κ1) is 26.0. The van der Waals surface area contributed by atoms with E-state index in [9.17, 15) is 13.2 Å². The number of amides is 1. The van der Waals surface area contributed by atoms with Gasteiger partial charge >= 0.3 is 0 Å². The monoisotopic (exact) mass is 525 g/mol. The summed E-state index contributed by atoms with van der Waals surface area (Å²) in [7, 11) is -2.02. The van der Waals surface area contributed by atoms with Crippen molar-refractivity contribution in [2.24, 2.45) is 0 Å². The van der Waals surface area contributed by atoms with Crippen LogP contribution in [0, 0.1) is 13.8 Å². The van der Waals surface area contributed by atoms with Crippen LogP contribution in [-0.4, -0.2) is 53.5 Å². The molecule has 2 heterocycles. The van der Waals surface area contributed by atoms with Crippen LogP contribution in [0.15, 0.2) is 59.8 Å². The van der Waals surface area contributed by atoms with Crippen molar-refractivity contribution >= 4 is 42.6 Å². The molecule has 0 unspecified atom stereocenters. The second kappa shape index (κ2) is 10.9. The fourth-order valence-electron chi connectivity index (χ4n) is 4.00. The van der Waals surface area contributed by atoms with E-state index in [0.29, 0.717) is 30.3 Å². The van der Waals surface area contributed by atoms with Crippen molar-refractivity contribution in [2.45, 2.75) is 45.1 Å². The lowest BCUT2D eigenvalue weighted by Gasteiger charge is -2.20. The molecule has 0 bridgehead atoms. The number of benzene rings is 2. The van der Waals surface area contributed by atoms with Crippen molar-refractivity contribution in [2.75, 3.05) is 25.0 Å². The van der Waals surface area contributed by atoms with Gasteiger partial charge in [-0.25, -0.2) is 17.7 Å². The Hall–Kier alpha value is -3.08. The van der Waals surface area contributed by atoms with Crippen molar-refractivity contribution < 1.29 is 13.2 Å². The van der Waals surface area contributed by atoms with E-state index in [1.54, 1.807) is 35.0 Å². The molecule has 0 radical (unpaired) electrons. The van der Waals surface area contributed by atoms with E-state index in [4.69, 9.17) is 4.98 Å². The third-order valence-electron chi connectivity index (χ3n) is 6.04. The van der Waals surface area contributed by atoms with Crippen molar-refractivity contribution in [1.82, 2.24) is 19.1 Å². The summed E-state index contributed by atoms with van der Waals surface area (Å²) in [5.74, 6) is -0.237. The number of rotatable bonds is 10. The Balaban J connectivity index is 1.64. The van der Waals surface area contributed by atoms with E-state index in [1.165, 1.54) is 27.8 Å². The van der Waals surface area contributed by atoms with Gasteiger partial charge in [0.05, 0.1) is 21.7 Å². The summed E-state index contributed by atoms with van der Waals surface area (Å²) in [5, 5.41) is 4.85. The summed E-state index contributed by atoms with van der Waals surface area (Å²) in [6.45, 7) is 7.41. The summed E-state index contributed by atoms with van der Waals surface area (Å²) in [4.78, 5) is 20.3. The van der Waals surface area contributed by atoms with Crippen molar-refractivity contribution in [1.29, 1.82) is 0 Å². The number of aromatic nitrogens is 3. The second-order valence-corrected chi connectivity index (χ2v) is 11.9. The first-order valence-corrected chi connectivity index (χ1v) is 14.2. The maximum atomic E-state index is 13.7. The lowest BCUT2D eigenvalue weighted by atomic mass is 10.1. The molecule has 0 N–H and O–H groups in total. The Morgan fingerprint density at radius 1 is 1.11 bits per heavy atom. The van der Waals surface area contributed by atoms with Gasteiger partial charge in [0.15, 0.2) is 5.13 Å². The highest BCUT2D eigenvalue weighted by Gasteiger charge is 2.24. The number of anilines is 1. The van der Waals surface area contributed by atoms with Crippen LogP contribution in [0.5, 0.6) is 0 Å². The number of hydrogen-bond acceptors (Lipinski definition) is 6. The molecule has 8 nitrogen and oxygen atoms in total. The maximum absolute atomic E-state index is 13.7. The van der Waals surface area contributed by atoms with Gasteiger partial charge in [-0.05, 0) is 67.8 Å². The van der Waals surface area contributed by atoms with E-state index >= 15 is 0 Å². The first-order chi connectivity index (χ1) is 17.2. The number of carbonyl (C=O) groups is 1. The quantitative estimate of drug-likeness (QED) is 0.295. The number of unbranched alkanes of at least 4 members (excludes halogenated alkanes) is 1. The molecule has 0 saturated heterocycles. The molecule has 1 amide bonds. The topological polar surface area (TPSA) is 88.4 Å². The SMILES string of the molecule is CCCCN(C)S(=O)(=O)c1ccc(C(=O)N(CCn2cccn2)c2nc3c(C)cc(C)cc3s2)cc1. The Bertz CT molecular complexity index is 1450. The predicted molar refractivity (Wildman–Crippen MR) is 144 cm³/mol. The largest absolute Gasteiger partial charge is 0.282 e. The first-order valence-electron chi connectivity index (χ1n) is 11.9. The predicted octanol–water partition coefficient (Wildman–Crippen LogP) is 4.88. The summed E-state index contributed by atoms with van der Waals surface area (Å²) in [6.07, 6.45) is 5.25. The summed E-state index contributed by atoms with van der Waals surface area (Å²) in [6, 6.07) is 12.2. The fourth-order valence-corrected chi connectivity index (χ4v) is 6.38. The van der Waals surface area contributed by atoms with Gasteiger partial charge in [-0.1, -0.05) is 30.7 Å². The molecule has 2 aromatic carbocycles. The standard InChI is InChI=1S/C26H31N5O3S2/c1-5-6-13-29(4)36(33,34)22-10-8-21(9-11-22)25(32)31(16-15-30-14-7-12-27-30)26-28-24-20(3)17-19(2)18-23(24)35-26/h7-12,14,17-18H,5-6,13,15-16H2,1-4H3. The Kier molecular flexibility index (Phi) is 7.87. The summed E-state index contributed by atoms with van der Waals surface area (Å²) >= 11 is 1.47. The number of aryl methyl sites for hydroxylation is 2. The van der Waals surface area contributed by atoms with Gasteiger partial charge in [0.2, 0.25) is 10.0 Å². The molecule has 10 heteroatoms. The molecule has 4 aromatic rings. The van der Waals surface area contributed by atoms with E-state index in [-0.39, 0.29) is 10.8 Å². The minimum Gasteiger partial charge on any atom is -0.282 e. The zero-order valence-electron chi connectivity index (χ0n) is 21.0. The Labute approximate surface area is 216 Å². The normalized spacial score (nSPS) is 11.9. The molecular formula is C26H31N5O3S2. The number of hydrogen-bond donors (Lipinski definition) is 0. The van der Waals surface area contributed by atoms with E-state index in [2.05, 4.69) is 17.2 Å². The van der Waals surface area contributed by atoms with Gasteiger partial charge in [-0.2, -0.15) is 5.10 Å². The molecular weight excluding hydrogens is 494 g/mol. The number of sulfonamides is 1. The van der Waals surface area contributed by atoms with Gasteiger partial charge in [-0.15, -0.1) is 0 Å². The number of carbonyl (C=O) groups excluding carboxylic acids is 1. The van der Waals surface area contributed by atoms with Crippen LogP contribution in [0.2, 0.25) is 0 Å². The molecule has 0 aliphatic carbocycles. The van der Waals surface area contributed by atoms with Gasteiger partial charge in [0, 0.05) is 38.1 Å². The maximum Gasteiger partial charge on any atom is 0.260 e. The molecule has 0 aliphatic rings. The smallest absolute Gasteiger partial charge is 0.260 e. The molecule has 0 saturated carbocycles. The Morgan fingerprint density at radius 3 is 2.53 bits per heavy atom. The average molecular weight is 526 g/mol. The van der Waals surface area contributed by atoms with Crippen LogP contribution >= 0.6 is 11.3 Å². The molecule has 2 aromatic heterocycles. The van der Waals surface area contributed by atoms with E-state index < -0.39 is 10.0 Å².